The summed E-state index contributed by atoms with van der Waals surface area (Å²) in [6, 6.07) is 5.77. The first-order chi connectivity index (χ1) is 22.5. The van der Waals surface area contributed by atoms with Gasteiger partial charge in [0.05, 0.1) is 61.1 Å². The molecular weight excluding hydrogens is 636 g/mol. The van der Waals surface area contributed by atoms with Gasteiger partial charge >= 0.3 is 5.97 Å². The van der Waals surface area contributed by atoms with Gasteiger partial charge in [-0.2, -0.15) is 0 Å². The minimum atomic E-state index is -0.929. The van der Waals surface area contributed by atoms with Gasteiger partial charge in [0, 0.05) is 19.4 Å². The molecular formula is C35H52N4O8S. The number of hydrogen-bond donors (Lipinski definition) is 3. The minimum absolute atomic E-state index is 0.00626. The van der Waals surface area contributed by atoms with Crippen LogP contribution >= 0.6 is 11.3 Å². The Morgan fingerprint density at radius 3 is 2.17 bits per heavy atom. The number of amides is 3. The summed E-state index contributed by atoms with van der Waals surface area (Å²) in [5, 5.41) is 16.3. The molecule has 1 aromatic carbocycles. The molecule has 1 aliphatic rings. The largest absolute Gasteiger partial charge is 0.460 e. The molecule has 2 heterocycles. The molecule has 1 aliphatic heterocycles. The second kappa shape index (κ2) is 17.3. The lowest BCUT2D eigenvalue weighted by Crippen LogP contribution is -2.58. The second-order valence-corrected chi connectivity index (χ2v) is 15.0. The number of esters is 1. The van der Waals surface area contributed by atoms with E-state index in [2.05, 4.69) is 15.6 Å². The number of rotatable bonds is 15. The number of thiazole rings is 1. The third-order valence-corrected chi connectivity index (χ3v) is 8.75. The van der Waals surface area contributed by atoms with E-state index in [1.165, 1.54) is 4.90 Å². The molecule has 2 aromatic rings. The Balaban J connectivity index is 1.50. The van der Waals surface area contributed by atoms with Crippen molar-refractivity contribution in [2.75, 3.05) is 33.0 Å². The molecule has 0 bridgehead atoms. The molecule has 1 fully saturated rings. The van der Waals surface area contributed by atoms with Crippen LogP contribution in [0.4, 0.5) is 0 Å². The van der Waals surface area contributed by atoms with Crippen molar-refractivity contribution < 1.29 is 38.5 Å². The molecule has 266 valence electrons. The van der Waals surface area contributed by atoms with Crippen molar-refractivity contribution in [2.45, 2.75) is 104 Å². The van der Waals surface area contributed by atoms with Gasteiger partial charge < -0.3 is 34.9 Å². The van der Waals surface area contributed by atoms with Crippen molar-refractivity contribution in [1.82, 2.24) is 20.5 Å². The molecule has 1 aromatic heterocycles. The molecule has 3 amide bonds. The van der Waals surface area contributed by atoms with Crippen LogP contribution in [0.15, 0.2) is 29.8 Å². The predicted molar refractivity (Wildman–Crippen MR) is 183 cm³/mol. The van der Waals surface area contributed by atoms with Crippen molar-refractivity contribution in [1.29, 1.82) is 0 Å². The van der Waals surface area contributed by atoms with E-state index in [9.17, 15) is 24.3 Å². The van der Waals surface area contributed by atoms with Gasteiger partial charge in [-0.25, -0.2) is 4.98 Å². The van der Waals surface area contributed by atoms with E-state index in [0.29, 0.717) is 0 Å². The zero-order valence-electron chi connectivity index (χ0n) is 29.5. The van der Waals surface area contributed by atoms with Crippen LogP contribution in [0, 0.1) is 12.3 Å². The highest BCUT2D eigenvalue weighted by Gasteiger charge is 2.44. The maximum absolute atomic E-state index is 13.9. The Hall–Kier alpha value is -3.39. The normalized spacial score (nSPS) is 17.9. The van der Waals surface area contributed by atoms with Crippen LogP contribution in [0.2, 0.25) is 0 Å². The average molecular weight is 689 g/mol. The van der Waals surface area contributed by atoms with Gasteiger partial charge in [0.1, 0.15) is 17.7 Å². The van der Waals surface area contributed by atoms with Gasteiger partial charge in [0.25, 0.3) is 0 Å². The summed E-state index contributed by atoms with van der Waals surface area (Å²) in [5.41, 5.74) is 3.52. The van der Waals surface area contributed by atoms with E-state index in [0.717, 1.165) is 21.7 Å². The molecule has 0 radical (unpaired) electrons. The Labute approximate surface area is 287 Å². The van der Waals surface area contributed by atoms with Crippen molar-refractivity contribution in [2.24, 2.45) is 5.41 Å². The number of ether oxygens (including phenoxy) is 3. The molecule has 0 spiro atoms. The second-order valence-electron chi connectivity index (χ2n) is 14.2. The molecule has 3 rings (SSSR count). The fourth-order valence-electron chi connectivity index (χ4n) is 5.28. The highest BCUT2D eigenvalue weighted by atomic mass is 32.1. The number of nitrogens with one attached hydrogen (secondary N) is 2. The summed E-state index contributed by atoms with van der Waals surface area (Å²) >= 11 is 1.57. The number of likely N-dealkylation sites (tertiary alicyclic amines) is 1. The molecule has 0 saturated carbocycles. The molecule has 0 unspecified atom stereocenters. The average Bonchev–Trinajstić information content (AvgIpc) is 3.60. The maximum Gasteiger partial charge on any atom is 0.308 e. The van der Waals surface area contributed by atoms with Crippen molar-refractivity contribution in [3.05, 3.63) is 41.0 Å². The molecule has 1 saturated heterocycles. The van der Waals surface area contributed by atoms with E-state index < -0.39 is 35.1 Å². The van der Waals surface area contributed by atoms with Gasteiger partial charge in [-0.15, -0.1) is 11.3 Å². The first-order valence-electron chi connectivity index (χ1n) is 16.4. The third kappa shape index (κ3) is 11.9. The van der Waals surface area contributed by atoms with Crippen LogP contribution in [0.1, 0.15) is 85.0 Å². The Bertz CT molecular complexity index is 1380. The van der Waals surface area contributed by atoms with Gasteiger partial charge in [-0.3, -0.25) is 19.2 Å². The van der Waals surface area contributed by atoms with E-state index in [1.807, 2.05) is 64.4 Å². The van der Waals surface area contributed by atoms with Crippen molar-refractivity contribution in [3.63, 3.8) is 0 Å². The van der Waals surface area contributed by atoms with Gasteiger partial charge in [0.2, 0.25) is 17.7 Å². The maximum atomic E-state index is 13.9. The molecule has 0 aliphatic carbocycles. The fraction of sp³-hybridized carbons (Fsp3) is 0.629. The SMILES string of the molecule is Cc1ncsc1-c1ccc([C@H](C)NC(=O)[C@@H]2C[C@@H](O)CN2C(=O)[C@@H](NC(=O)CCOCCOCCC(=O)OC(C)(C)C)C(C)(C)C)cc1. The van der Waals surface area contributed by atoms with E-state index in [-0.39, 0.29) is 76.1 Å². The topological polar surface area (TPSA) is 156 Å². The third-order valence-electron chi connectivity index (χ3n) is 7.78. The van der Waals surface area contributed by atoms with Crippen LogP contribution in [0.25, 0.3) is 10.4 Å². The molecule has 4 atom stereocenters. The summed E-state index contributed by atoms with van der Waals surface area (Å²) < 4.78 is 16.1. The number of benzene rings is 1. The lowest BCUT2D eigenvalue weighted by molar-refractivity contribution is -0.156. The Kier molecular flexibility index (Phi) is 14.1. The summed E-state index contributed by atoms with van der Waals surface area (Å²) in [6.45, 7) is 15.6. The molecule has 13 heteroatoms. The van der Waals surface area contributed by atoms with Gasteiger partial charge in [-0.1, -0.05) is 45.0 Å². The van der Waals surface area contributed by atoms with Gasteiger partial charge in [-0.05, 0) is 51.2 Å². The molecule has 48 heavy (non-hydrogen) atoms. The number of carbonyl (C=O) groups is 4. The summed E-state index contributed by atoms with van der Waals surface area (Å²) in [7, 11) is 0. The van der Waals surface area contributed by atoms with Crippen LogP contribution in [-0.2, 0) is 33.4 Å². The highest BCUT2D eigenvalue weighted by molar-refractivity contribution is 7.13. The number of aromatic nitrogens is 1. The Morgan fingerprint density at radius 2 is 1.60 bits per heavy atom. The number of aryl methyl sites for hydroxylation is 1. The lowest BCUT2D eigenvalue weighted by atomic mass is 9.85. The quantitative estimate of drug-likeness (QED) is 0.186. The standard InChI is InChI=1S/C35H52N4O8S/c1-22(24-9-11-25(12-10-24)30-23(2)36-21-48-30)37-32(43)27-19-26(40)20-39(27)33(44)31(34(3,4)5)38-28(41)13-15-45-17-18-46-16-14-29(42)47-35(6,7)8/h9-12,21-22,26-27,31,40H,13-20H2,1-8H3,(H,37,43)(H,38,41)/t22-,26+,27-,31+/m0/s1. The predicted octanol–water partition coefficient (Wildman–Crippen LogP) is 3.94. The number of β-amino-alcohol motifs (C(OH)–C–C–N with tert-alkyl or cyclic N) is 1. The monoisotopic (exact) mass is 688 g/mol. The fourth-order valence-corrected chi connectivity index (χ4v) is 6.10. The summed E-state index contributed by atoms with van der Waals surface area (Å²) in [6.07, 6.45) is -0.604. The number of nitrogens with zero attached hydrogens (tertiary/aromatic N) is 2. The number of aliphatic hydroxyl groups excluding tert-OH is 1. The van der Waals surface area contributed by atoms with E-state index in [1.54, 1.807) is 32.1 Å². The zero-order chi connectivity index (χ0) is 35.6. The number of hydrogen-bond acceptors (Lipinski definition) is 10. The van der Waals surface area contributed by atoms with Crippen LogP contribution in [0.3, 0.4) is 0 Å². The van der Waals surface area contributed by atoms with Crippen LogP contribution in [-0.4, -0.2) is 95.4 Å². The number of carbonyl (C=O) groups excluding carboxylic acids is 4. The Morgan fingerprint density at radius 1 is 0.979 bits per heavy atom. The van der Waals surface area contributed by atoms with Gasteiger partial charge in [0.15, 0.2) is 0 Å². The first kappa shape index (κ1) is 39.1. The lowest BCUT2D eigenvalue weighted by Gasteiger charge is -2.35. The van der Waals surface area contributed by atoms with Crippen molar-refractivity contribution >= 4 is 35.0 Å². The summed E-state index contributed by atoms with van der Waals surface area (Å²) in [5.74, 6) is -1.50. The van der Waals surface area contributed by atoms with Crippen LogP contribution in [0.5, 0.6) is 0 Å². The summed E-state index contributed by atoms with van der Waals surface area (Å²) in [4.78, 5) is 58.7. The number of aliphatic hydroxyl groups is 1. The van der Waals surface area contributed by atoms with E-state index >= 15 is 0 Å². The van der Waals surface area contributed by atoms with Crippen molar-refractivity contribution in [3.8, 4) is 10.4 Å². The molecule has 12 nitrogen and oxygen atoms in total. The first-order valence-corrected chi connectivity index (χ1v) is 17.3. The smallest absolute Gasteiger partial charge is 0.308 e. The zero-order valence-corrected chi connectivity index (χ0v) is 30.3. The minimum Gasteiger partial charge on any atom is -0.460 e. The van der Waals surface area contributed by atoms with Crippen LogP contribution < -0.4 is 10.6 Å². The molecule has 3 N–H and O–H groups in total. The van der Waals surface area contributed by atoms with E-state index in [4.69, 9.17) is 14.2 Å². The highest BCUT2D eigenvalue weighted by Crippen LogP contribution is 2.29.